The van der Waals surface area contributed by atoms with E-state index in [1.54, 1.807) is 0 Å². The third-order valence-electron chi connectivity index (χ3n) is 10.8. The first-order chi connectivity index (χ1) is 31.0. The molecule has 6 heteroatoms. The molecule has 0 saturated carbocycles. The second-order valence-corrected chi connectivity index (χ2v) is 16.9. The van der Waals surface area contributed by atoms with Gasteiger partial charge < -0.3 is 14.2 Å². The fourth-order valence-electron chi connectivity index (χ4n) is 6.88. The number of allylic oxidation sites excluding steroid dienone is 16. The SMILES string of the molecule is CC\C=C/C=C\C=C/C=C\CCCCCC(=O)OCC(COC(=O)CCCCCCC\C=C/C=C\C=C/C=C\CCCCC)OC(=O)CCCCCCCCCCCCCCCC. The molecule has 0 aliphatic rings. The molecule has 358 valence electrons. The van der Waals surface area contributed by atoms with Crippen LogP contribution in [0.15, 0.2) is 97.2 Å². The molecular weight excluding hydrogens is 781 g/mol. The maximum Gasteiger partial charge on any atom is 0.306 e. The Morgan fingerprint density at radius 1 is 0.333 bits per heavy atom. The summed E-state index contributed by atoms with van der Waals surface area (Å²) in [6, 6.07) is 0. The Balaban J connectivity index is 4.48. The molecule has 0 aromatic carbocycles. The summed E-state index contributed by atoms with van der Waals surface area (Å²) < 4.78 is 16.7. The molecule has 0 N–H and O–H groups in total. The van der Waals surface area contributed by atoms with Crippen molar-refractivity contribution in [3.8, 4) is 0 Å². The number of unbranched alkanes of at least 4 members (excludes halogenated alkanes) is 24. The summed E-state index contributed by atoms with van der Waals surface area (Å²) in [7, 11) is 0. The van der Waals surface area contributed by atoms with E-state index in [0.29, 0.717) is 19.3 Å². The molecule has 0 radical (unpaired) electrons. The topological polar surface area (TPSA) is 78.9 Å². The van der Waals surface area contributed by atoms with Crippen molar-refractivity contribution in [2.75, 3.05) is 13.2 Å². The normalized spacial score (nSPS) is 12.9. The highest BCUT2D eigenvalue weighted by atomic mass is 16.6. The maximum atomic E-state index is 12.8. The monoisotopic (exact) mass is 875 g/mol. The van der Waals surface area contributed by atoms with Gasteiger partial charge in [-0.15, -0.1) is 0 Å². The predicted octanol–water partition coefficient (Wildman–Crippen LogP) is 17.0. The van der Waals surface area contributed by atoms with Crippen LogP contribution >= 0.6 is 0 Å². The van der Waals surface area contributed by atoms with E-state index in [1.165, 1.54) is 89.9 Å². The van der Waals surface area contributed by atoms with Gasteiger partial charge in [0.2, 0.25) is 0 Å². The van der Waals surface area contributed by atoms with Crippen LogP contribution in [-0.2, 0) is 28.6 Å². The van der Waals surface area contributed by atoms with E-state index in [2.05, 4.69) is 81.5 Å². The molecule has 0 aromatic heterocycles. The third-order valence-corrected chi connectivity index (χ3v) is 10.8. The van der Waals surface area contributed by atoms with Crippen LogP contribution < -0.4 is 0 Å². The second-order valence-electron chi connectivity index (χ2n) is 16.9. The molecule has 0 saturated heterocycles. The zero-order chi connectivity index (χ0) is 45.8. The van der Waals surface area contributed by atoms with E-state index < -0.39 is 6.10 Å². The van der Waals surface area contributed by atoms with E-state index in [0.717, 1.165) is 96.3 Å². The van der Waals surface area contributed by atoms with Crippen molar-refractivity contribution in [1.29, 1.82) is 0 Å². The lowest BCUT2D eigenvalue weighted by Gasteiger charge is -2.18. The highest BCUT2D eigenvalue weighted by molar-refractivity contribution is 5.71. The van der Waals surface area contributed by atoms with Crippen LogP contribution in [-0.4, -0.2) is 37.2 Å². The number of esters is 3. The van der Waals surface area contributed by atoms with Crippen LogP contribution in [0.1, 0.15) is 226 Å². The molecule has 0 heterocycles. The van der Waals surface area contributed by atoms with Gasteiger partial charge in [-0.25, -0.2) is 0 Å². The number of hydrogen-bond acceptors (Lipinski definition) is 6. The quantitative estimate of drug-likeness (QED) is 0.0262. The van der Waals surface area contributed by atoms with Crippen LogP contribution in [0.3, 0.4) is 0 Å². The standard InChI is InChI=1S/C57H94O6/c1-4-7-10-13-16-19-22-25-27-28-29-30-33-35-38-41-44-47-50-56(59)62-53-54(52-61-55(58)49-46-43-40-37-34-31-24-21-18-15-12-9-6-3)63-57(60)51-48-45-42-39-36-32-26-23-20-17-14-11-8-5-2/h9,12,15-16,18-19,21-22,24-25,27-31,34,54H,4-8,10-11,13-14,17,20,23,26,32-33,35-53H2,1-3H3/b12-9-,18-15-,19-16-,24-21-,25-22-,28-27-,30-29-,34-31-. The molecule has 0 amide bonds. The van der Waals surface area contributed by atoms with Gasteiger partial charge in [0, 0.05) is 19.3 Å². The Labute approximate surface area is 387 Å². The first-order valence-corrected chi connectivity index (χ1v) is 25.8. The second kappa shape index (κ2) is 51.0. The van der Waals surface area contributed by atoms with Crippen molar-refractivity contribution >= 4 is 17.9 Å². The minimum atomic E-state index is -0.802. The van der Waals surface area contributed by atoms with Gasteiger partial charge in [-0.1, -0.05) is 240 Å². The van der Waals surface area contributed by atoms with Crippen LogP contribution in [0.4, 0.5) is 0 Å². The number of carbonyl (C=O) groups excluding carboxylic acids is 3. The lowest BCUT2D eigenvalue weighted by molar-refractivity contribution is -0.167. The predicted molar refractivity (Wildman–Crippen MR) is 270 cm³/mol. The van der Waals surface area contributed by atoms with E-state index in [-0.39, 0.29) is 31.1 Å². The summed E-state index contributed by atoms with van der Waals surface area (Å²) in [5, 5.41) is 0. The Morgan fingerprint density at radius 2 is 0.619 bits per heavy atom. The van der Waals surface area contributed by atoms with Crippen molar-refractivity contribution in [3.63, 3.8) is 0 Å². The molecule has 0 aromatic rings. The van der Waals surface area contributed by atoms with Crippen molar-refractivity contribution in [3.05, 3.63) is 97.2 Å². The molecular formula is C57H94O6. The van der Waals surface area contributed by atoms with Gasteiger partial charge >= 0.3 is 17.9 Å². The van der Waals surface area contributed by atoms with Gasteiger partial charge in [-0.2, -0.15) is 0 Å². The number of carbonyl (C=O) groups is 3. The average Bonchev–Trinajstić information content (AvgIpc) is 3.28. The van der Waals surface area contributed by atoms with Crippen LogP contribution in [0, 0.1) is 0 Å². The molecule has 1 atom stereocenters. The highest BCUT2D eigenvalue weighted by Gasteiger charge is 2.19. The molecule has 0 spiro atoms. The fourth-order valence-corrected chi connectivity index (χ4v) is 6.88. The minimum absolute atomic E-state index is 0.102. The lowest BCUT2D eigenvalue weighted by Crippen LogP contribution is -2.30. The van der Waals surface area contributed by atoms with Crippen molar-refractivity contribution in [2.45, 2.75) is 232 Å². The van der Waals surface area contributed by atoms with Gasteiger partial charge in [0.1, 0.15) is 13.2 Å². The summed E-state index contributed by atoms with van der Waals surface area (Å²) >= 11 is 0. The lowest BCUT2D eigenvalue weighted by atomic mass is 10.0. The third kappa shape index (κ3) is 49.2. The summed E-state index contributed by atoms with van der Waals surface area (Å²) in [6.07, 6.45) is 66.7. The highest BCUT2D eigenvalue weighted by Crippen LogP contribution is 2.15. The smallest absolute Gasteiger partial charge is 0.306 e. The molecule has 63 heavy (non-hydrogen) atoms. The van der Waals surface area contributed by atoms with Crippen LogP contribution in [0.5, 0.6) is 0 Å². The van der Waals surface area contributed by atoms with E-state index in [9.17, 15) is 14.4 Å². The van der Waals surface area contributed by atoms with Crippen LogP contribution in [0.25, 0.3) is 0 Å². The first-order valence-electron chi connectivity index (χ1n) is 25.8. The van der Waals surface area contributed by atoms with Gasteiger partial charge in [0.05, 0.1) is 0 Å². The van der Waals surface area contributed by atoms with Crippen LogP contribution in [0.2, 0.25) is 0 Å². The van der Waals surface area contributed by atoms with Gasteiger partial charge in [0.25, 0.3) is 0 Å². The Kier molecular flexibility index (Phi) is 48.0. The fraction of sp³-hybridized carbons (Fsp3) is 0.667. The summed E-state index contributed by atoms with van der Waals surface area (Å²) in [5.41, 5.74) is 0. The summed E-state index contributed by atoms with van der Waals surface area (Å²) in [5.74, 6) is -0.963. The zero-order valence-electron chi connectivity index (χ0n) is 40.8. The van der Waals surface area contributed by atoms with Crippen molar-refractivity contribution in [1.82, 2.24) is 0 Å². The van der Waals surface area contributed by atoms with E-state index in [4.69, 9.17) is 14.2 Å². The summed E-state index contributed by atoms with van der Waals surface area (Å²) in [4.78, 5) is 38.0. The number of rotatable bonds is 45. The minimum Gasteiger partial charge on any atom is -0.462 e. The Hall–Kier alpha value is -3.67. The number of hydrogen-bond donors (Lipinski definition) is 0. The average molecular weight is 875 g/mol. The zero-order valence-corrected chi connectivity index (χ0v) is 40.8. The van der Waals surface area contributed by atoms with Gasteiger partial charge in [0.15, 0.2) is 6.10 Å². The molecule has 1 unspecified atom stereocenters. The molecule has 0 bridgehead atoms. The summed E-state index contributed by atoms with van der Waals surface area (Å²) in [6.45, 7) is 6.40. The van der Waals surface area contributed by atoms with E-state index in [1.807, 2.05) is 36.5 Å². The largest absolute Gasteiger partial charge is 0.462 e. The van der Waals surface area contributed by atoms with E-state index >= 15 is 0 Å². The molecule has 0 rings (SSSR count). The maximum absolute atomic E-state index is 12.8. The van der Waals surface area contributed by atoms with Gasteiger partial charge in [-0.3, -0.25) is 14.4 Å². The molecule has 6 nitrogen and oxygen atoms in total. The van der Waals surface area contributed by atoms with Gasteiger partial charge in [-0.05, 0) is 64.2 Å². The van der Waals surface area contributed by atoms with Crippen molar-refractivity contribution < 1.29 is 28.6 Å². The Bertz CT molecular complexity index is 1280. The Morgan fingerprint density at radius 3 is 1.02 bits per heavy atom. The number of ether oxygens (including phenoxy) is 3. The molecule has 0 fully saturated rings. The molecule has 0 aliphatic heterocycles. The van der Waals surface area contributed by atoms with Crippen molar-refractivity contribution in [2.24, 2.45) is 0 Å². The molecule has 0 aliphatic carbocycles. The first kappa shape index (κ1) is 59.3.